The van der Waals surface area contributed by atoms with Gasteiger partial charge in [0.15, 0.2) is 28.0 Å². The highest BCUT2D eigenvalue weighted by Gasteiger charge is 2.19. The Hall–Kier alpha value is -1.13. The number of halogens is 2. The van der Waals surface area contributed by atoms with E-state index in [1.54, 1.807) is 0 Å². The van der Waals surface area contributed by atoms with Crippen LogP contribution in [0.15, 0.2) is 38.3 Å². The van der Waals surface area contributed by atoms with E-state index in [1.807, 2.05) is 0 Å². The molecule has 2 unspecified atom stereocenters. The van der Waals surface area contributed by atoms with Gasteiger partial charge >= 0.3 is 0 Å². The first-order valence-corrected chi connectivity index (χ1v) is 7.20. The topological polar surface area (TPSA) is 61.8 Å². The summed E-state index contributed by atoms with van der Waals surface area (Å²) >= 11 is -0.914. The molecule has 1 aromatic carbocycles. The number of fused-ring (bicyclic) bond motifs is 1. The summed E-state index contributed by atoms with van der Waals surface area (Å²) in [6, 6.07) is 3.61. The molecule has 2 aliphatic rings. The highest BCUT2D eigenvalue weighted by atomic mass is 32.3. The van der Waals surface area contributed by atoms with Crippen LogP contribution >= 0.6 is 0 Å². The molecular formula is C7H3F2N5S3. The zero-order valence-corrected chi connectivity index (χ0v) is 10.4. The molecule has 2 aliphatic heterocycles. The van der Waals surface area contributed by atoms with Crippen molar-refractivity contribution in [2.75, 3.05) is 0 Å². The maximum absolute atomic E-state index is 13.5. The van der Waals surface area contributed by atoms with Gasteiger partial charge in [-0.05, 0) is 12.1 Å². The van der Waals surface area contributed by atoms with Crippen molar-refractivity contribution in [1.29, 1.82) is 0 Å². The van der Waals surface area contributed by atoms with Gasteiger partial charge in [-0.25, -0.2) is 8.78 Å². The molecule has 0 aliphatic carbocycles. The molecule has 0 saturated carbocycles. The average Bonchev–Trinajstić information content (AvgIpc) is 2.28. The number of benzene rings is 1. The molecular weight excluding hydrogens is 288 g/mol. The number of hydrogen-bond donors (Lipinski definition) is 0. The SMILES string of the molecule is Fc1cccc(F)c1C1=NS2=NS(=N1)N=S=N2. The van der Waals surface area contributed by atoms with Crippen molar-refractivity contribution in [2.45, 2.75) is 0 Å². The summed E-state index contributed by atoms with van der Waals surface area (Å²) in [7, 11) is 0. The van der Waals surface area contributed by atoms with Crippen LogP contribution in [0, 0.1) is 11.6 Å². The first-order valence-electron chi connectivity index (χ1n) is 4.28. The fraction of sp³-hybridized carbons (Fsp3) is 0. The van der Waals surface area contributed by atoms with Crippen LogP contribution in [0.1, 0.15) is 5.56 Å². The van der Waals surface area contributed by atoms with E-state index in [0.717, 1.165) is 23.5 Å². The zero-order valence-electron chi connectivity index (χ0n) is 7.95. The van der Waals surface area contributed by atoms with Crippen LogP contribution in [0.25, 0.3) is 0 Å². The summed E-state index contributed by atoms with van der Waals surface area (Å²) in [4.78, 5) is 0. The van der Waals surface area contributed by atoms with Gasteiger partial charge in [-0.1, -0.05) is 6.07 Å². The van der Waals surface area contributed by atoms with Crippen LogP contribution in [0.4, 0.5) is 8.78 Å². The molecule has 2 atom stereocenters. The van der Waals surface area contributed by atoms with E-state index >= 15 is 0 Å². The average molecular weight is 291 g/mol. The Morgan fingerprint density at radius 3 is 2.47 bits per heavy atom. The van der Waals surface area contributed by atoms with Crippen molar-refractivity contribution >= 4 is 39.3 Å². The van der Waals surface area contributed by atoms with Gasteiger partial charge in [0.2, 0.25) is 0 Å². The summed E-state index contributed by atoms with van der Waals surface area (Å²) in [5.41, 5.74) is -0.241. The minimum atomic E-state index is -0.950. The number of rotatable bonds is 1. The summed E-state index contributed by atoms with van der Waals surface area (Å²) in [6.07, 6.45) is 0. The van der Waals surface area contributed by atoms with E-state index in [-0.39, 0.29) is 11.4 Å². The van der Waals surface area contributed by atoms with E-state index in [4.69, 9.17) is 0 Å². The minimum Gasteiger partial charge on any atom is -0.206 e. The fourth-order valence-electron chi connectivity index (χ4n) is 1.20. The summed E-state index contributed by atoms with van der Waals surface area (Å²) in [5.74, 6) is -1.40. The lowest BCUT2D eigenvalue weighted by Crippen LogP contribution is -2.10. The third-order valence-electron chi connectivity index (χ3n) is 1.86. The van der Waals surface area contributed by atoms with Gasteiger partial charge in [0, 0.05) is 0 Å². The Morgan fingerprint density at radius 2 is 1.76 bits per heavy atom. The van der Waals surface area contributed by atoms with Gasteiger partial charge in [-0.15, -0.1) is 11.3 Å². The Bertz CT molecular complexity index is 654. The van der Waals surface area contributed by atoms with Gasteiger partial charge in [0.05, 0.1) is 16.9 Å². The lowest BCUT2D eigenvalue weighted by molar-refractivity contribution is 0.579. The number of nitrogens with zero attached hydrogens (tertiary/aromatic N) is 5. The summed E-state index contributed by atoms with van der Waals surface area (Å²) in [5, 5.41) is 0. The molecule has 10 heteroatoms. The third kappa shape index (κ3) is 2.03. The van der Waals surface area contributed by atoms with Gasteiger partial charge in [-0.3, -0.25) is 0 Å². The van der Waals surface area contributed by atoms with Crippen molar-refractivity contribution in [3.63, 3.8) is 0 Å². The molecule has 3 rings (SSSR count). The highest BCUT2D eigenvalue weighted by molar-refractivity contribution is 8.02. The van der Waals surface area contributed by atoms with E-state index in [9.17, 15) is 8.78 Å². The van der Waals surface area contributed by atoms with E-state index < -0.39 is 33.8 Å². The minimum absolute atomic E-state index is 0.00457. The lowest BCUT2D eigenvalue weighted by atomic mass is 10.2. The van der Waals surface area contributed by atoms with Crippen molar-refractivity contribution in [1.82, 2.24) is 0 Å². The predicted molar refractivity (Wildman–Crippen MR) is 64.7 cm³/mol. The Kier molecular flexibility index (Phi) is 2.76. The molecule has 88 valence electrons. The van der Waals surface area contributed by atoms with Crippen LogP contribution in [0.3, 0.4) is 0 Å². The van der Waals surface area contributed by atoms with Crippen molar-refractivity contribution in [3.8, 4) is 0 Å². The lowest BCUT2D eigenvalue weighted by Gasteiger charge is -2.09. The maximum atomic E-state index is 13.5. The smallest absolute Gasteiger partial charge is 0.186 e. The zero-order chi connectivity index (χ0) is 11.8. The normalized spacial score (nSPS) is 25.4. The van der Waals surface area contributed by atoms with Crippen molar-refractivity contribution < 1.29 is 8.78 Å². The van der Waals surface area contributed by atoms with Crippen molar-refractivity contribution in [3.05, 3.63) is 35.4 Å². The molecule has 0 aromatic heterocycles. The monoisotopic (exact) mass is 291 g/mol. The highest BCUT2D eigenvalue weighted by Crippen LogP contribution is 2.20. The molecule has 2 bridgehead atoms. The second kappa shape index (κ2) is 4.27. The standard InChI is InChI=1S/C7H3F2N5S3/c8-4-2-1-3-5(9)6(4)7-10-16-12-15-13-17(11-7)14-16/h1-3H. The molecule has 5 nitrogen and oxygen atoms in total. The van der Waals surface area contributed by atoms with Crippen LogP contribution in [-0.2, 0) is 33.5 Å². The van der Waals surface area contributed by atoms with E-state index in [0.29, 0.717) is 0 Å². The molecule has 1 aromatic rings. The molecule has 17 heavy (non-hydrogen) atoms. The Morgan fingerprint density at radius 1 is 1.06 bits per heavy atom. The molecule has 0 saturated heterocycles. The molecule has 0 N–H and O–H groups in total. The quantitative estimate of drug-likeness (QED) is 0.763. The number of hydrogen-bond acceptors (Lipinski definition) is 5. The van der Waals surface area contributed by atoms with Crippen LogP contribution in [0.5, 0.6) is 0 Å². The summed E-state index contributed by atoms with van der Waals surface area (Å²) < 4.78 is 46.9. The predicted octanol–water partition coefficient (Wildman–Crippen LogP) is 2.45. The molecule has 0 fully saturated rings. The van der Waals surface area contributed by atoms with Crippen LogP contribution in [-0.4, -0.2) is 5.84 Å². The van der Waals surface area contributed by atoms with Gasteiger partial charge in [-0.2, -0.15) is 8.76 Å². The van der Waals surface area contributed by atoms with E-state index in [2.05, 4.69) is 20.1 Å². The van der Waals surface area contributed by atoms with Crippen molar-refractivity contribution in [2.24, 2.45) is 20.1 Å². The van der Waals surface area contributed by atoms with Crippen LogP contribution in [0.2, 0.25) is 0 Å². The molecule has 0 radical (unpaired) electrons. The van der Waals surface area contributed by atoms with Crippen LogP contribution < -0.4 is 0 Å². The second-order valence-electron chi connectivity index (χ2n) is 2.90. The summed E-state index contributed by atoms with van der Waals surface area (Å²) in [6.45, 7) is 0. The molecule has 0 amide bonds. The largest absolute Gasteiger partial charge is 0.206 e. The third-order valence-corrected chi connectivity index (χ3v) is 5.20. The Labute approximate surface area is 104 Å². The fourth-order valence-corrected chi connectivity index (χ4v) is 4.37. The van der Waals surface area contributed by atoms with Gasteiger partial charge < -0.3 is 0 Å². The Balaban J connectivity index is 2.18. The van der Waals surface area contributed by atoms with E-state index in [1.165, 1.54) is 6.07 Å². The molecule has 2 heterocycles. The first kappa shape index (κ1) is 11.0. The number of amidine groups is 1. The van der Waals surface area contributed by atoms with Gasteiger partial charge in [0.25, 0.3) is 0 Å². The second-order valence-corrected chi connectivity index (χ2v) is 6.20. The van der Waals surface area contributed by atoms with Gasteiger partial charge in [0.1, 0.15) is 11.6 Å². The molecule has 0 spiro atoms. The first-order chi connectivity index (χ1) is 8.24. The maximum Gasteiger partial charge on any atom is 0.186 e.